The number of piperazine rings is 1. The van der Waals surface area contributed by atoms with Gasteiger partial charge in [-0.1, -0.05) is 29.8 Å². The van der Waals surface area contributed by atoms with Crippen molar-refractivity contribution in [2.24, 2.45) is 0 Å². The van der Waals surface area contributed by atoms with E-state index in [2.05, 4.69) is 16.0 Å². The molecule has 2 amide bonds. The van der Waals surface area contributed by atoms with Gasteiger partial charge in [-0.15, -0.1) is 0 Å². The Labute approximate surface area is 248 Å². The maximum atomic E-state index is 14.2. The van der Waals surface area contributed by atoms with E-state index in [1.54, 1.807) is 49.4 Å². The summed E-state index contributed by atoms with van der Waals surface area (Å²) in [5.41, 5.74) is 1.44. The third kappa shape index (κ3) is 8.37. The second-order valence-corrected chi connectivity index (χ2v) is 10.8. The van der Waals surface area contributed by atoms with Gasteiger partial charge >= 0.3 is 12.0 Å². The zero-order valence-electron chi connectivity index (χ0n) is 23.6. The van der Waals surface area contributed by atoms with Gasteiger partial charge in [-0.3, -0.25) is 19.4 Å². The van der Waals surface area contributed by atoms with Crippen LogP contribution < -0.4 is 20.7 Å². The number of carbonyl (C=O) groups is 3. The first-order valence-electron chi connectivity index (χ1n) is 13.8. The second-order valence-electron chi connectivity index (χ2n) is 10.3. The number of hydrogen-bond donors (Lipinski definition) is 3. The van der Waals surface area contributed by atoms with Crippen LogP contribution in [0.25, 0.3) is 0 Å². The largest absolute Gasteiger partial charge is 0.495 e. The van der Waals surface area contributed by atoms with Crippen LogP contribution in [0.1, 0.15) is 18.9 Å². The number of Topliss-reactive ketones (excluding diaryl/α,β-unsaturated/α-hetero) is 1. The average Bonchev–Trinajstić information content (AvgIpc) is 3.30. The van der Waals surface area contributed by atoms with Gasteiger partial charge in [0.25, 0.3) is 5.92 Å². The highest BCUT2D eigenvalue weighted by molar-refractivity contribution is 6.33. The van der Waals surface area contributed by atoms with Gasteiger partial charge in [0, 0.05) is 45.1 Å². The molecule has 0 aliphatic carbocycles. The molecule has 2 atom stereocenters. The number of esters is 1. The molecule has 0 saturated carbocycles. The van der Waals surface area contributed by atoms with Crippen LogP contribution in [0.2, 0.25) is 5.02 Å². The normalized spacial score (nSPS) is 19.6. The van der Waals surface area contributed by atoms with Crippen molar-refractivity contribution in [2.75, 3.05) is 63.6 Å². The number of nitrogens with zero attached hydrogens (tertiary/aromatic N) is 2. The molecule has 13 heteroatoms. The van der Waals surface area contributed by atoms with Crippen molar-refractivity contribution >= 4 is 40.8 Å². The van der Waals surface area contributed by atoms with E-state index in [4.69, 9.17) is 21.1 Å². The Hall–Kier alpha value is -3.32. The highest BCUT2D eigenvalue weighted by Crippen LogP contribution is 2.31. The number of ether oxygens (including phenoxy) is 2. The fourth-order valence-electron chi connectivity index (χ4n) is 5.33. The van der Waals surface area contributed by atoms with Gasteiger partial charge in [-0.2, -0.15) is 0 Å². The van der Waals surface area contributed by atoms with Gasteiger partial charge in [0.2, 0.25) is 0 Å². The van der Waals surface area contributed by atoms with E-state index in [-0.39, 0.29) is 24.7 Å². The molecule has 3 N–H and O–H groups in total. The van der Waals surface area contributed by atoms with Crippen LogP contribution >= 0.6 is 11.6 Å². The SMILES string of the molecule is CCOC(=O)CN1CCN(C(C(=O)Cc2ccc(NC(=O)Nc3ccccc3Cl)c(OC)c2)C2CC(F)(F)CN2)CC1. The number of rotatable bonds is 11. The van der Waals surface area contributed by atoms with E-state index in [0.29, 0.717) is 60.5 Å². The minimum Gasteiger partial charge on any atom is -0.495 e. The van der Waals surface area contributed by atoms with Crippen LogP contribution in [0.3, 0.4) is 0 Å². The van der Waals surface area contributed by atoms with Gasteiger partial charge in [0.05, 0.1) is 49.2 Å². The number of ketones is 1. The van der Waals surface area contributed by atoms with Gasteiger partial charge in [0.1, 0.15) is 5.75 Å². The molecule has 228 valence electrons. The predicted octanol–water partition coefficient (Wildman–Crippen LogP) is 3.65. The quantitative estimate of drug-likeness (QED) is 0.332. The van der Waals surface area contributed by atoms with Crippen molar-refractivity contribution in [2.45, 2.75) is 37.8 Å². The van der Waals surface area contributed by atoms with Gasteiger partial charge in [-0.25, -0.2) is 13.6 Å². The summed E-state index contributed by atoms with van der Waals surface area (Å²) in [5.74, 6) is -3.08. The van der Waals surface area contributed by atoms with Gasteiger partial charge in [-0.05, 0) is 36.8 Å². The summed E-state index contributed by atoms with van der Waals surface area (Å²) >= 11 is 6.11. The first-order chi connectivity index (χ1) is 20.1. The fraction of sp³-hybridized carbons (Fsp3) is 0.483. The van der Waals surface area contributed by atoms with Crippen LogP contribution in [-0.2, 0) is 20.7 Å². The Bertz CT molecular complexity index is 1270. The summed E-state index contributed by atoms with van der Waals surface area (Å²) in [5, 5.41) is 8.63. The lowest BCUT2D eigenvalue weighted by Crippen LogP contribution is -2.59. The number of nitrogens with one attached hydrogen (secondary N) is 3. The number of hydrogen-bond acceptors (Lipinski definition) is 8. The summed E-state index contributed by atoms with van der Waals surface area (Å²) in [4.78, 5) is 42.0. The lowest BCUT2D eigenvalue weighted by molar-refractivity contribution is -0.145. The van der Waals surface area contributed by atoms with E-state index >= 15 is 0 Å². The molecule has 0 bridgehead atoms. The molecule has 2 aromatic carbocycles. The molecular formula is C29H36ClF2N5O5. The molecule has 10 nitrogen and oxygen atoms in total. The third-order valence-corrected chi connectivity index (χ3v) is 7.65. The van der Waals surface area contributed by atoms with Crippen LogP contribution in [0.15, 0.2) is 42.5 Å². The second kappa shape index (κ2) is 14.2. The molecule has 2 aliphatic rings. The number of benzene rings is 2. The number of amides is 2. The van der Waals surface area contributed by atoms with Crippen molar-refractivity contribution in [3.8, 4) is 5.75 Å². The fourth-order valence-corrected chi connectivity index (χ4v) is 5.52. The molecule has 0 aromatic heterocycles. The van der Waals surface area contributed by atoms with E-state index in [1.165, 1.54) is 7.11 Å². The summed E-state index contributed by atoms with van der Waals surface area (Å²) in [6, 6.07) is 9.77. The van der Waals surface area contributed by atoms with Crippen molar-refractivity contribution in [3.05, 3.63) is 53.1 Å². The smallest absolute Gasteiger partial charge is 0.323 e. The third-order valence-electron chi connectivity index (χ3n) is 7.33. The summed E-state index contributed by atoms with van der Waals surface area (Å²) in [7, 11) is 1.45. The Kier molecular flexibility index (Phi) is 10.7. The predicted molar refractivity (Wildman–Crippen MR) is 156 cm³/mol. The van der Waals surface area contributed by atoms with Crippen LogP contribution in [0.4, 0.5) is 25.0 Å². The van der Waals surface area contributed by atoms with E-state index in [0.717, 1.165) is 0 Å². The van der Waals surface area contributed by atoms with E-state index < -0.39 is 37.0 Å². The lowest BCUT2D eigenvalue weighted by Gasteiger charge is -2.40. The molecule has 2 heterocycles. The number of carbonyl (C=O) groups excluding carboxylic acids is 3. The monoisotopic (exact) mass is 607 g/mol. The number of anilines is 2. The lowest BCUT2D eigenvalue weighted by atomic mass is 9.94. The Balaban J connectivity index is 1.43. The Morgan fingerprint density at radius 1 is 1.10 bits per heavy atom. The van der Waals surface area contributed by atoms with Crippen molar-refractivity contribution in [1.82, 2.24) is 15.1 Å². The molecule has 2 aliphatic heterocycles. The van der Waals surface area contributed by atoms with E-state index in [1.807, 2.05) is 9.80 Å². The minimum atomic E-state index is -2.89. The first kappa shape index (κ1) is 31.6. The van der Waals surface area contributed by atoms with E-state index in [9.17, 15) is 23.2 Å². The van der Waals surface area contributed by atoms with Crippen LogP contribution in [-0.4, -0.2) is 98.6 Å². The molecule has 2 fully saturated rings. The number of para-hydroxylation sites is 1. The molecule has 0 radical (unpaired) electrons. The van der Waals surface area contributed by atoms with Gasteiger partial charge in [0.15, 0.2) is 5.78 Å². The molecule has 4 rings (SSSR count). The standard InChI is InChI=1S/C29H36ClF2N5O5/c1-3-42-26(39)17-36-10-12-37(13-11-36)27(23-16-29(31,32)18-33-23)24(38)14-19-8-9-22(25(15-19)41-2)35-28(40)34-21-7-5-4-6-20(21)30/h4-9,15,23,27,33H,3,10-14,16-18H2,1-2H3,(H2,34,35,40). The Morgan fingerprint density at radius 2 is 1.81 bits per heavy atom. The molecule has 42 heavy (non-hydrogen) atoms. The minimum absolute atomic E-state index is 0.0140. The number of urea groups is 1. The Morgan fingerprint density at radius 3 is 2.45 bits per heavy atom. The summed E-state index contributed by atoms with van der Waals surface area (Å²) in [6.07, 6.45) is -0.445. The molecule has 2 unspecified atom stereocenters. The molecule has 2 aromatic rings. The van der Waals surface area contributed by atoms with Crippen molar-refractivity contribution < 1.29 is 32.6 Å². The number of halogens is 3. The highest BCUT2D eigenvalue weighted by atomic mass is 35.5. The highest BCUT2D eigenvalue weighted by Gasteiger charge is 2.46. The zero-order valence-corrected chi connectivity index (χ0v) is 24.4. The van der Waals surface area contributed by atoms with Crippen molar-refractivity contribution in [1.29, 1.82) is 0 Å². The van der Waals surface area contributed by atoms with Gasteiger partial charge < -0.3 is 25.4 Å². The molecule has 0 spiro atoms. The van der Waals surface area contributed by atoms with Crippen molar-refractivity contribution in [3.63, 3.8) is 0 Å². The van der Waals surface area contributed by atoms with Crippen LogP contribution in [0.5, 0.6) is 5.75 Å². The molecule has 2 saturated heterocycles. The average molecular weight is 608 g/mol. The zero-order chi connectivity index (χ0) is 30.3. The number of methoxy groups -OCH3 is 1. The summed E-state index contributed by atoms with van der Waals surface area (Å²) < 4.78 is 38.8. The first-order valence-corrected chi connectivity index (χ1v) is 14.2. The maximum absolute atomic E-state index is 14.2. The van der Waals surface area contributed by atoms with Crippen LogP contribution in [0, 0.1) is 0 Å². The molecular weight excluding hydrogens is 572 g/mol. The summed E-state index contributed by atoms with van der Waals surface area (Å²) in [6.45, 7) is 3.64. The maximum Gasteiger partial charge on any atom is 0.323 e. The number of alkyl halides is 2. The topological polar surface area (TPSA) is 112 Å².